The molecular weight excluding hydrogens is 403 g/mol. The van der Waals surface area contributed by atoms with Crippen LogP contribution in [0, 0.1) is 0 Å². The molecular formula is C19H22F3N5O3. The molecule has 3 rings (SSSR count). The first-order valence-corrected chi connectivity index (χ1v) is 9.35. The minimum absolute atomic E-state index is 0.0261. The number of rotatable bonds is 6. The van der Waals surface area contributed by atoms with Gasteiger partial charge >= 0.3 is 6.36 Å². The minimum atomic E-state index is -4.76. The number of nitrogens with zero attached hydrogens (tertiary/aromatic N) is 3. The van der Waals surface area contributed by atoms with E-state index in [1.807, 2.05) is 4.90 Å². The molecule has 0 radical (unpaired) electrons. The third-order valence-electron chi connectivity index (χ3n) is 4.63. The van der Waals surface area contributed by atoms with Crippen LogP contribution in [0.5, 0.6) is 5.75 Å². The molecule has 1 aliphatic heterocycles. The fourth-order valence-corrected chi connectivity index (χ4v) is 3.19. The average Bonchev–Trinajstić information content (AvgIpc) is 3.10. The van der Waals surface area contributed by atoms with Crippen LogP contribution in [-0.2, 0) is 11.8 Å². The highest BCUT2D eigenvalue weighted by Crippen LogP contribution is 2.24. The molecule has 0 atom stereocenters. The van der Waals surface area contributed by atoms with Gasteiger partial charge in [0.25, 0.3) is 5.91 Å². The predicted molar refractivity (Wildman–Crippen MR) is 102 cm³/mol. The first kappa shape index (κ1) is 21.6. The number of nitrogens with one attached hydrogen (secondary N) is 2. The second kappa shape index (κ2) is 9.16. The first-order chi connectivity index (χ1) is 14.2. The molecule has 1 fully saturated rings. The number of ether oxygens (including phenoxy) is 1. The Labute approximate surface area is 171 Å². The summed E-state index contributed by atoms with van der Waals surface area (Å²) in [6.07, 6.45) is -0.174. The molecule has 2 aromatic rings. The van der Waals surface area contributed by atoms with Gasteiger partial charge in [-0.1, -0.05) is 0 Å². The highest BCUT2D eigenvalue weighted by atomic mass is 19.4. The molecule has 0 unspecified atom stereocenters. The number of aromatic nitrogens is 2. The summed E-state index contributed by atoms with van der Waals surface area (Å²) in [6.45, 7) is 1.44. The Morgan fingerprint density at radius 2 is 1.87 bits per heavy atom. The predicted octanol–water partition coefficient (Wildman–Crippen LogP) is 2.15. The van der Waals surface area contributed by atoms with E-state index >= 15 is 0 Å². The number of carbonyl (C=O) groups is 2. The van der Waals surface area contributed by atoms with Crippen molar-refractivity contribution < 1.29 is 27.5 Å². The average molecular weight is 425 g/mol. The number of likely N-dealkylation sites (tertiary alicyclic amines) is 1. The van der Waals surface area contributed by atoms with Gasteiger partial charge < -0.3 is 15.4 Å². The van der Waals surface area contributed by atoms with Crippen LogP contribution in [0.3, 0.4) is 0 Å². The summed E-state index contributed by atoms with van der Waals surface area (Å²) in [5, 5.41) is 9.60. The summed E-state index contributed by atoms with van der Waals surface area (Å²) >= 11 is 0. The highest BCUT2D eigenvalue weighted by Gasteiger charge is 2.31. The standard InChI is InChI=1S/C19H22F3N5O3/c1-26-11-13(10-23-26)18(29)25-15-6-8-27(9-7-15)12-17(28)24-14-2-4-16(5-3-14)30-19(20,21)22/h2-5,10-11,15H,6-9,12H2,1H3,(H,24,28)(H,25,29). The van der Waals surface area contributed by atoms with Gasteiger partial charge in [0.15, 0.2) is 0 Å². The monoisotopic (exact) mass is 425 g/mol. The quantitative estimate of drug-likeness (QED) is 0.741. The maximum atomic E-state index is 12.2. The van der Waals surface area contributed by atoms with Crippen LogP contribution < -0.4 is 15.4 Å². The van der Waals surface area contributed by atoms with Crippen molar-refractivity contribution in [1.29, 1.82) is 0 Å². The van der Waals surface area contributed by atoms with Gasteiger partial charge in [-0.05, 0) is 37.1 Å². The smallest absolute Gasteiger partial charge is 0.406 e. The fraction of sp³-hybridized carbons (Fsp3) is 0.421. The van der Waals surface area contributed by atoms with Crippen LogP contribution in [0.1, 0.15) is 23.2 Å². The van der Waals surface area contributed by atoms with Crippen LogP contribution in [0.25, 0.3) is 0 Å². The molecule has 2 N–H and O–H groups in total. The number of halogens is 3. The van der Waals surface area contributed by atoms with Crippen molar-refractivity contribution in [3.63, 3.8) is 0 Å². The number of amides is 2. The highest BCUT2D eigenvalue weighted by molar-refractivity contribution is 5.94. The van der Waals surface area contributed by atoms with E-state index in [9.17, 15) is 22.8 Å². The summed E-state index contributed by atoms with van der Waals surface area (Å²) in [7, 11) is 1.74. The Morgan fingerprint density at radius 3 is 2.43 bits per heavy atom. The van der Waals surface area contributed by atoms with Crippen molar-refractivity contribution in [2.75, 3.05) is 25.0 Å². The first-order valence-electron chi connectivity index (χ1n) is 9.35. The Bertz CT molecular complexity index is 874. The molecule has 1 saturated heterocycles. The SMILES string of the molecule is Cn1cc(C(=O)NC2CCN(CC(=O)Nc3ccc(OC(F)(F)F)cc3)CC2)cn1. The van der Waals surface area contributed by atoms with E-state index in [-0.39, 0.29) is 30.2 Å². The molecule has 1 aliphatic rings. The summed E-state index contributed by atoms with van der Waals surface area (Å²) in [6, 6.07) is 5.00. The second-order valence-corrected chi connectivity index (χ2v) is 7.05. The van der Waals surface area contributed by atoms with Crippen molar-refractivity contribution in [2.45, 2.75) is 25.2 Å². The van der Waals surface area contributed by atoms with Gasteiger partial charge in [-0.15, -0.1) is 13.2 Å². The van der Waals surface area contributed by atoms with E-state index in [2.05, 4.69) is 20.5 Å². The van der Waals surface area contributed by atoms with Gasteiger partial charge in [-0.3, -0.25) is 19.2 Å². The lowest BCUT2D eigenvalue weighted by atomic mass is 10.0. The van der Waals surface area contributed by atoms with Gasteiger partial charge in [0.2, 0.25) is 5.91 Å². The lowest BCUT2D eigenvalue weighted by molar-refractivity contribution is -0.274. The third-order valence-corrected chi connectivity index (χ3v) is 4.63. The molecule has 0 saturated carbocycles. The summed E-state index contributed by atoms with van der Waals surface area (Å²) in [5.41, 5.74) is 0.888. The molecule has 1 aromatic heterocycles. The van der Waals surface area contributed by atoms with Crippen LogP contribution in [0.2, 0.25) is 0 Å². The summed E-state index contributed by atoms with van der Waals surface area (Å²) in [4.78, 5) is 26.3. The normalized spacial score (nSPS) is 15.6. The van der Waals surface area contributed by atoms with Crippen molar-refractivity contribution in [1.82, 2.24) is 20.0 Å². The Morgan fingerprint density at radius 1 is 1.20 bits per heavy atom. The number of benzene rings is 1. The van der Waals surface area contributed by atoms with Crippen LogP contribution in [0.15, 0.2) is 36.7 Å². The van der Waals surface area contributed by atoms with Gasteiger partial charge in [-0.2, -0.15) is 5.10 Å². The maximum absolute atomic E-state index is 12.2. The largest absolute Gasteiger partial charge is 0.573 e. The molecule has 0 aliphatic carbocycles. The van der Waals surface area contributed by atoms with E-state index in [0.717, 1.165) is 12.1 Å². The molecule has 2 amide bonds. The summed E-state index contributed by atoms with van der Waals surface area (Å²) in [5.74, 6) is -0.787. The molecule has 162 valence electrons. The number of hydrogen-bond donors (Lipinski definition) is 2. The number of anilines is 1. The third kappa shape index (κ3) is 6.48. The summed E-state index contributed by atoms with van der Waals surface area (Å²) < 4.78 is 41.9. The van der Waals surface area contributed by atoms with Crippen molar-refractivity contribution in [3.05, 3.63) is 42.2 Å². The molecule has 0 spiro atoms. The molecule has 11 heteroatoms. The van der Waals surface area contributed by atoms with Gasteiger partial charge in [-0.25, -0.2) is 0 Å². The topological polar surface area (TPSA) is 88.5 Å². The zero-order valence-corrected chi connectivity index (χ0v) is 16.3. The molecule has 30 heavy (non-hydrogen) atoms. The maximum Gasteiger partial charge on any atom is 0.573 e. The van der Waals surface area contributed by atoms with E-state index in [0.29, 0.717) is 37.2 Å². The van der Waals surface area contributed by atoms with Gasteiger partial charge in [0, 0.05) is 38.1 Å². The number of carbonyl (C=O) groups excluding carboxylic acids is 2. The van der Waals surface area contributed by atoms with E-state index < -0.39 is 6.36 Å². The Hall–Kier alpha value is -3.08. The number of piperidine rings is 1. The molecule has 0 bridgehead atoms. The van der Waals surface area contributed by atoms with Gasteiger partial charge in [0.1, 0.15) is 5.75 Å². The van der Waals surface area contributed by atoms with E-state index in [1.165, 1.54) is 18.3 Å². The minimum Gasteiger partial charge on any atom is -0.406 e. The lowest BCUT2D eigenvalue weighted by Gasteiger charge is -2.31. The van der Waals surface area contributed by atoms with E-state index in [4.69, 9.17) is 0 Å². The van der Waals surface area contributed by atoms with Crippen LogP contribution >= 0.6 is 0 Å². The molecule has 2 heterocycles. The zero-order chi connectivity index (χ0) is 21.7. The molecule has 1 aromatic carbocycles. The van der Waals surface area contributed by atoms with E-state index in [1.54, 1.807) is 17.9 Å². The number of hydrogen-bond acceptors (Lipinski definition) is 5. The van der Waals surface area contributed by atoms with Gasteiger partial charge in [0.05, 0.1) is 18.3 Å². The Kier molecular flexibility index (Phi) is 6.60. The van der Waals surface area contributed by atoms with Crippen LogP contribution in [0.4, 0.5) is 18.9 Å². The zero-order valence-electron chi connectivity index (χ0n) is 16.3. The number of aryl methyl sites for hydroxylation is 1. The van der Waals surface area contributed by atoms with Crippen molar-refractivity contribution in [3.8, 4) is 5.75 Å². The van der Waals surface area contributed by atoms with Crippen molar-refractivity contribution >= 4 is 17.5 Å². The Balaban J connectivity index is 1.40. The van der Waals surface area contributed by atoms with Crippen molar-refractivity contribution in [2.24, 2.45) is 7.05 Å². The fourth-order valence-electron chi connectivity index (χ4n) is 3.19. The lowest BCUT2D eigenvalue weighted by Crippen LogP contribution is -2.46. The molecule has 8 nitrogen and oxygen atoms in total. The number of alkyl halides is 3. The van der Waals surface area contributed by atoms with Crippen LogP contribution in [-0.4, -0.2) is 58.5 Å². The second-order valence-electron chi connectivity index (χ2n) is 7.05.